The van der Waals surface area contributed by atoms with Crippen LogP contribution in [0.15, 0.2) is 47.2 Å². The Labute approximate surface area is 170 Å². The number of carbonyl (C=O) groups is 3. The third-order valence-electron chi connectivity index (χ3n) is 6.30. The van der Waals surface area contributed by atoms with Gasteiger partial charge in [0.2, 0.25) is 5.91 Å². The summed E-state index contributed by atoms with van der Waals surface area (Å²) in [7, 11) is 0. The van der Waals surface area contributed by atoms with Gasteiger partial charge in [0.05, 0.1) is 16.7 Å². The highest BCUT2D eigenvalue weighted by Crippen LogP contribution is 2.47. The summed E-state index contributed by atoms with van der Waals surface area (Å²) in [6.07, 6.45) is 2.70. The fraction of sp³-hybridized carbons (Fsp3) is 0.350. The Kier molecular flexibility index (Phi) is 4.00. The highest BCUT2D eigenvalue weighted by Gasteiger charge is 2.60. The lowest BCUT2D eigenvalue weighted by molar-refractivity contribution is -0.384. The third kappa shape index (κ3) is 2.50. The Morgan fingerprint density at radius 1 is 1.33 bits per heavy atom. The van der Waals surface area contributed by atoms with Crippen LogP contribution in [-0.2, 0) is 14.4 Å². The van der Waals surface area contributed by atoms with E-state index < -0.39 is 10.9 Å². The maximum absolute atomic E-state index is 13.0. The van der Waals surface area contributed by atoms with Crippen LogP contribution in [0.1, 0.15) is 12.8 Å². The van der Waals surface area contributed by atoms with Gasteiger partial charge >= 0.3 is 5.97 Å². The second-order valence-electron chi connectivity index (χ2n) is 7.79. The molecule has 0 aromatic heterocycles. The highest BCUT2D eigenvalue weighted by molar-refractivity contribution is 6.09. The molecule has 3 fully saturated rings. The average molecular weight is 410 g/mol. The molecule has 1 aromatic carbocycles. The van der Waals surface area contributed by atoms with E-state index in [1.54, 1.807) is 12.1 Å². The minimum Gasteiger partial charge on any atom is -0.477 e. The standard InChI is InChI=1S/C20H18N4O6/c25-18-10(5-7-22(18)11-2-1-3-12(9-11)24(29)30)8-14-13-4-6-21-15-16(13)23(19(15)26)17(14)20(27)28/h1-3,8-9,13,15-16,21H,4-7H2,(H,27,28)/b10-8+/t13?,15-,16+/m0/s1. The van der Waals surface area contributed by atoms with Gasteiger partial charge in [0.1, 0.15) is 11.7 Å². The van der Waals surface area contributed by atoms with Crippen LogP contribution in [0.4, 0.5) is 11.4 Å². The Balaban J connectivity index is 1.49. The van der Waals surface area contributed by atoms with E-state index in [2.05, 4.69) is 5.32 Å². The minimum absolute atomic E-state index is 0.0379. The Morgan fingerprint density at radius 2 is 2.13 bits per heavy atom. The van der Waals surface area contributed by atoms with E-state index in [1.165, 1.54) is 28.0 Å². The van der Waals surface area contributed by atoms with Crippen molar-refractivity contribution in [2.45, 2.75) is 24.9 Å². The molecule has 4 heterocycles. The molecule has 0 bridgehead atoms. The van der Waals surface area contributed by atoms with Crippen molar-refractivity contribution < 1.29 is 24.4 Å². The van der Waals surface area contributed by atoms with E-state index in [0.29, 0.717) is 42.8 Å². The number of anilines is 1. The zero-order valence-corrected chi connectivity index (χ0v) is 15.8. The van der Waals surface area contributed by atoms with Gasteiger partial charge in [0.25, 0.3) is 11.6 Å². The van der Waals surface area contributed by atoms with Crippen LogP contribution < -0.4 is 10.2 Å². The van der Waals surface area contributed by atoms with Crippen LogP contribution >= 0.6 is 0 Å². The van der Waals surface area contributed by atoms with Crippen molar-refractivity contribution >= 4 is 29.2 Å². The molecule has 0 radical (unpaired) electrons. The first-order valence-electron chi connectivity index (χ1n) is 9.69. The number of rotatable bonds is 4. The molecule has 154 valence electrons. The van der Waals surface area contributed by atoms with Crippen molar-refractivity contribution in [1.82, 2.24) is 10.2 Å². The second kappa shape index (κ2) is 6.49. The van der Waals surface area contributed by atoms with Crippen molar-refractivity contribution in [2.24, 2.45) is 5.92 Å². The number of allylic oxidation sites excluding steroid dienone is 1. The van der Waals surface area contributed by atoms with E-state index in [9.17, 15) is 29.6 Å². The molecule has 10 nitrogen and oxygen atoms in total. The molecule has 0 spiro atoms. The van der Waals surface area contributed by atoms with E-state index in [1.807, 2.05) is 0 Å². The third-order valence-corrected chi connectivity index (χ3v) is 6.30. The number of benzene rings is 1. The number of aliphatic carboxylic acids is 1. The number of piperidine rings is 1. The molecule has 2 amide bonds. The van der Waals surface area contributed by atoms with Crippen LogP contribution in [0.2, 0.25) is 0 Å². The monoisotopic (exact) mass is 410 g/mol. The summed E-state index contributed by atoms with van der Waals surface area (Å²) in [6.45, 7) is 0.960. The molecule has 3 atom stereocenters. The number of carboxylic acid groups (broad SMARTS) is 1. The molecule has 5 rings (SSSR count). The van der Waals surface area contributed by atoms with Crippen molar-refractivity contribution in [3.8, 4) is 0 Å². The molecule has 30 heavy (non-hydrogen) atoms. The molecule has 0 saturated carbocycles. The number of nitrogens with zero attached hydrogens (tertiary/aromatic N) is 3. The topological polar surface area (TPSA) is 133 Å². The molecule has 4 aliphatic rings. The van der Waals surface area contributed by atoms with Gasteiger partial charge in [-0.05, 0) is 37.1 Å². The van der Waals surface area contributed by atoms with Gasteiger partial charge in [-0.15, -0.1) is 0 Å². The van der Waals surface area contributed by atoms with Gasteiger partial charge in [0, 0.05) is 30.2 Å². The number of carboxylic acids is 1. The number of nitrogens with one attached hydrogen (secondary N) is 1. The Bertz CT molecular complexity index is 1080. The molecular formula is C20H18N4O6. The number of hydrogen-bond donors (Lipinski definition) is 2. The van der Waals surface area contributed by atoms with Gasteiger partial charge in [-0.25, -0.2) is 4.79 Å². The summed E-state index contributed by atoms with van der Waals surface area (Å²) >= 11 is 0. The van der Waals surface area contributed by atoms with Crippen molar-refractivity contribution in [1.29, 1.82) is 0 Å². The molecule has 3 saturated heterocycles. The van der Waals surface area contributed by atoms with Gasteiger partial charge in [-0.1, -0.05) is 6.07 Å². The van der Waals surface area contributed by atoms with E-state index in [0.717, 1.165) is 0 Å². The predicted octanol–water partition coefficient (Wildman–Crippen LogP) is 0.799. The minimum atomic E-state index is -1.18. The van der Waals surface area contributed by atoms with Crippen LogP contribution in [0, 0.1) is 16.0 Å². The number of carbonyl (C=O) groups excluding carboxylic acids is 2. The first-order valence-corrected chi connectivity index (χ1v) is 9.69. The molecular weight excluding hydrogens is 392 g/mol. The predicted molar refractivity (Wildman–Crippen MR) is 103 cm³/mol. The smallest absolute Gasteiger partial charge is 0.352 e. The maximum Gasteiger partial charge on any atom is 0.352 e. The first-order chi connectivity index (χ1) is 14.4. The zero-order chi connectivity index (χ0) is 21.2. The number of β-lactam (4-membered cyclic amide) rings is 1. The SMILES string of the molecule is O=C(O)C1=C(/C=C2\CCN(c3cccc([N+](=O)[O-])c3)C2=O)C2CCN[C@@H]3C(=O)N1[C@H]23. The number of hydrogen-bond acceptors (Lipinski definition) is 6. The second-order valence-corrected chi connectivity index (χ2v) is 7.79. The number of non-ortho nitro benzene ring substituents is 1. The largest absolute Gasteiger partial charge is 0.477 e. The highest BCUT2D eigenvalue weighted by atomic mass is 16.6. The van der Waals surface area contributed by atoms with Crippen LogP contribution in [0.5, 0.6) is 0 Å². The van der Waals surface area contributed by atoms with Crippen molar-refractivity contribution in [3.05, 3.63) is 57.3 Å². The fourth-order valence-electron chi connectivity index (χ4n) is 4.97. The fourth-order valence-corrected chi connectivity index (χ4v) is 4.97. The molecule has 0 aliphatic carbocycles. The number of amides is 2. The van der Waals surface area contributed by atoms with Crippen LogP contribution in [0.3, 0.4) is 0 Å². The molecule has 2 N–H and O–H groups in total. The van der Waals surface area contributed by atoms with Gasteiger partial charge in [-0.3, -0.25) is 24.6 Å². The van der Waals surface area contributed by atoms with Gasteiger partial charge in [-0.2, -0.15) is 0 Å². The zero-order valence-electron chi connectivity index (χ0n) is 15.8. The summed E-state index contributed by atoms with van der Waals surface area (Å²) in [5.41, 5.74) is 1.25. The first kappa shape index (κ1) is 18.5. The molecule has 1 unspecified atom stereocenters. The van der Waals surface area contributed by atoms with Gasteiger partial charge in [0.15, 0.2) is 0 Å². The Morgan fingerprint density at radius 3 is 2.87 bits per heavy atom. The van der Waals surface area contributed by atoms with Crippen molar-refractivity contribution in [3.63, 3.8) is 0 Å². The molecule has 10 heteroatoms. The summed E-state index contributed by atoms with van der Waals surface area (Å²) in [4.78, 5) is 50.6. The maximum atomic E-state index is 13.0. The van der Waals surface area contributed by atoms with E-state index >= 15 is 0 Å². The number of nitro benzene ring substituents is 1. The lowest BCUT2D eigenvalue weighted by Crippen LogP contribution is -2.71. The molecule has 1 aromatic rings. The molecule has 4 aliphatic heterocycles. The van der Waals surface area contributed by atoms with E-state index in [-0.39, 0.29) is 41.2 Å². The lowest BCUT2D eigenvalue weighted by atomic mass is 9.79. The Hall–Kier alpha value is -3.53. The lowest BCUT2D eigenvalue weighted by Gasteiger charge is -2.48. The van der Waals surface area contributed by atoms with Crippen molar-refractivity contribution in [2.75, 3.05) is 18.0 Å². The quantitative estimate of drug-likeness (QED) is 0.325. The summed E-state index contributed by atoms with van der Waals surface area (Å²) in [5.74, 6) is -1.85. The van der Waals surface area contributed by atoms with Gasteiger partial charge < -0.3 is 15.3 Å². The van der Waals surface area contributed by atoms with Crippen LogP contribution in [0.25, 0.3) is 0 Å². The average Bonchev–Trinajstić information content (AvgIpc) is 3.25. The summed E-state index contributed by atoms with van der Waals surface area (Å²) < 4.78 is 0. The summed E-state index contributed by atoms with van der Waals surface area (Å²) in [6, 6.07) is 5.28. The summed E-state index contributed by atoms with van der Waals surface area (Å²) in [5, 5.41) is 23.9. The number of nitro groups is 1. The van der Waals surface area contributed by atoms with E-state index in [4.69, 9.17) is 0 Å². The van der Waals surface area contributed by atoms with Crippen LogP contribution in [-0.4, -0.2) is 57.9 Å². The normalized spacial score (nSPS) is 28.8.